The highest BCUT2D eigenvalue weighted by Crippen LogP contribution is 2.38. The summed E-state index contributed by atoms with van der Waals surface area (Å²) < 4.78 is 0. The van der Waals surface area contributed by atoms with Gasteiger partial charge in [0.2, 0.25) is 5.91 Å². The molecule has 2 N–H and O–H groups in total. The number of anilines is 3. The summed E-state index contributed by atoms with van der Waals surface area (Å²) in [6, 6.07) is 22.7. The Hall–Kier alpha value is -3.61. The van der Waals surface area contributed by atoms with Crippen molar-refractivity contribution in [3.8, 4) is 0 Å². The molecule has 4 rings (SSSR count). The molecule has 0 aromatic heterocycles. The van der Waals surface area contributed by atoms with Gasteiger partial charge in [-0.05, 0) is 56.1 Å². The first kappa shape index (κ1) is 23.5. The summed E-state index contributed by atoms with van der Waals surface area (Å²) in [4.78, 5) is 29.1. The van der Waals surface area contributed by atoms with Crippen LogP contribution in [0.4, 0.5) is 17.1 Å². The highest BCUT2D eigenvalue weighted by Gasteiger charge is 2.28. The second kappa shape index (κ2) is 10.1. The van der Waals surface area contributed by atoms with E-state index >= 15 is 0 Å². The molecule has 0 radical (unpaired) electrons. The Morgan fingerprint density at radius 2 is 1.68 bits per heavy atom. The Kier molecular flexibility index (Phi) is 7.01. The van der Waals surface area contributed by atoms with Crippen molar-refractivity contribution in [2.24, 2.45) is 0 Å². The molecule has 0 unspecified atom stereocenters. The number of halogens is 1. The van der Waals surface area contributed by atoms with Crippen molar-refractivity contribution in [2.75, 3.05) is 43.2 Å². The predicted octanol–water partition coefficient (Wildman–Crippen LogP) is 5.19. The quantitative estimate of drug-likeness (QED) is 0.463. The molecule has 0 aliphatic carbocycles. The molecule has 3 aromatic carbocycles. The molecule has 0 spiro atoms. The smallest absolute Gasteiger partial charge is 0.258 e. The summed E-state index contributed by atoms with van der Waals surface area (Å²) in [5.74, 6) is -0.133. The normalized spacial score (nSPS) is 14.0. The molecule has 7 heteroatoms. The molecule has 3 aromatic rings. The second-order valence-corrected chi connectivity index (χ2v) is 8.87. The van der Waals surface area contributed by atoms with Gasteiger partial charge in [0.05, 0.1) is 17.0 Å². The van der Waals surface area contributed by atoms with E-state index in [1.54, 1.807) is 24.1 Å². The van der Waals surface area contributed by atoms with Crippen molar-refractivity contribution in [3.05, 3.63) is 88.9 Å². The van der Waals surface area contributed by atoms with Crippen LogP contribution in [-0.4, -0.2) is 44.4 Å². The van der Waals surface area contributed by atoms with E-state index in [2.05, 4.69) is 10.6 Å². The van der Waals surface area contributed by atoms with Crippen LogP contribution >= 0.6 is 11.6 Å². The Morgan fingerprint density at radius 3 is 2.35 bits per heavy atom. The lowest BCUT2D eigenvalue weighted by Gasteiger charge is -2.20. The first-order valence-electron chi connectivity index (χ1n) is 11.0. The van der Waals surface area contributed by atoms with E-state index in [4.69, 9.17) is 11.6 Å². The van der Waals surface area contributed by atoms with Crippen molar-refractivity contribution in [2.45, 2.75) is 6.42 Å². The third-order valence-electron chi connectivity index (χ3n) is 5.71. The van der Waals surface area contributed by atoms with Crippen molar-refractivity contribution < 1.29 is 9.59 Å². The van der Waals surface area contributed by atoms with Gasteiger partial charge < -0.3 is 20.4 Å². The summed E-state index contributed by atoms with van der Waals surface area (Å²) in [7, 11) is 5.68. The molecule has 0 fully saturated rings. The van der Waals surface area contributed by atoms with Crippen LogP contribution in [-0.2, 0) is 9.59 Å². The van der Waals surface area contributed by atoms with E-state index in [0.29, 0.717) is 34.9 Å². The van der Waals surface area contributed by atoms with Gasteiger partial charge in [-0.25, -0.2) is 0 Å². The zero-order valence-corrected chi connectivity index (χ0v) is 20.2. The first-order valence-corrected chi connectivity index (χ1v) is 11.4. The molecule has 2 amide bonds. The highest BCUT2D eigenvalue weighted by atomic mass is 35.5. The lowest BCUT2D eigenvalue weighted by molar-refractivity contribution is -0.118. The zero-order valence-electron chi connectivity index (χ0n) is 19.4. The number of hydrogen-bond acceptors (Lipinski definition) is 4. The minimum Gasteiger partial charge on any atom is -0.354 e. The molecule has 174 valence electrons. The molecule has 0 atom stereocenters. The van der Waals surface area contributed by atoms with Crippen LogP contribution in [0.15, 0.2) is 72.8 Å². The first-order chi connectivity index (χ1) is 16.3. The minimum absolute atomic E-state index is 0.0550. The van der Waals surface area contributed by atoms with Crippen LogP contribution in [0.1, 0.15) is 17.5 Å². The Morgan fingerprint density at radius 1 is 0.971 bits per heavy atom. The SMILES string of the molecule is CN(C)CCC(=O)N(C)c1ccc(N/C(=C2\C(=O)Nc3cc(Cl)ccc32)c2ccccc2)cc1. The van der Waals surface area contributed by atoms with Crippen LogP contribution in [0.25, 0.3) is 11.3 Å². The lowest BCUT2D eigenvalue weighted by atomic mass is 10.00. The Labute approximate surface area is 204 Å². The molecule has 1 aliphatic rings. The molecule has 34 heavy (non-hydrogen) atoms. The third-order valence-corrected chi connectivity index (χ3v) is 5.94. The highest BCUT2D eigenvalue weighted by molar-refractivity contribution is 6.38. The van der Waals surface area contributed by atoms with Gasteiger partial charge in [0.15, 0.2) is 0 Å². The summed E-state index contributed by atoms with van der Waals surface area (Å²) in [6.45, 7) is 0.700. The van der Waals surface area contributed by atoms with Gasteiger partial charge >= 0.3 is 0 Å². The number of carbonyl (C=O) groups excluding carboxylic acids is 2. The predicted molar refractivity (Wildman–Crippen MR) is 140 cm³/mol. The fraction of sp³-hybridized carbons (Fsp3) is 0.185. The largest absolute Gasteiger partial charge is 0.354 e. The van der Waals surface area contributed by atoms with Gasteiger partial charge in [0, 0.05) is 42.0 Å². The molecule has 1 aliphatic heterocycles. The van der Waals surface area contributed by atoms with Crippen LogP contribution < -0.4 is 15.5 Å². The number of fused-ring (bicyclic) bond motifs is 1. The van der Waals surface area contributed by atoms with Gasteiger partial charge in [0.25, 0.3) is 5.91 Å². The second-order valence-electron chi connectivity index (χ2n) is 8.44. The molecule has 0 saturated heterocycles. The maximum absolute atomic E-state index is 13.0. The zero-order chi connectivity index (χ0) is 24.2. The monoisotopic (exact) mass is 474 g/mol. The van der Waals surface area contributed by atoms with Crippen LogP contribution in [0.2, 0.25) is 5.02 Å². The van der Waals surface area contributed by atoms with Crippen molar-refractivity contribution in [1.82, 2.24) is 4.90 Å². The van der Waals surface area contributed by atoms with Crippen molar-refractivity contribution in [3.63, 3.8) is 0 Å². The van der Waals surface area contributed by atoms with Gasteiger partial charge in [-0.1, -0.05) is 48.0 Å². The van der Waals surface area contributed by atoms with E-state index in [1.165, 1.54) is 0 Å². The van der Waals surface area contributed by atoms with Gasteiger partial charge in [-0.2, -0.15) is 0 Å². The van der Waals surface area contributed by atoms with Crippen LogP contribution in [0.3, 0.4) is 0 Å². The summed E-state index contributed by atoms with van der Waals surface area (Å²) >= 11 is 6.13. The van der Waals surface area contributed by atoms with E-state index in [9.17, 15) is 9.59 Å². The maximum atomic E-state index is 13.0. The molecular formula is C27H27ClN4O2. The topological polar surface area (TPSA) is 64.7 Å². The number of nitrogens with zero attached hydrogens (tertiary/aromatic N) is 2. The summed E-state index contributed by atoms with van der Waals surface area (Å²) in [5.41, 5.74) is 5.23. The third kappa shape index (κ3) is 5.14. The van der Waals surface area contributed by atoms with Gasteiger partial charge in [0.1, 0.15) is 0 Å². The Balaban J connectivity index is 1.65. The number of amides is 2. The lowest BCUT2D eigenvalue weighted by Crippen LogP contribution is -2.29. The number of benzene rings is 3. The fourth-order valence-electron chi connectivity index (χ4n) is 3.82. The number of carbonyl (C=O) groups is 2. The van der Waals surface area contributed by atoms with Crippen molar-refractivity contribution >= 4 is 51.7 Å². The van der Waals surface area contributed by atoms with Crippen molar-refractivity contribution in [1.29, 1.82) is 0 Å². The maximum Gasteiger partial charge on any atom is 0.258 e. The molecular weight excluding hydrogens is 448 g/mol. The Bertz CT molecular complexity index is 1240. The minimum atomic E-state index is -0.188. The van der Waals surface area contributed by atoms with Crippen LogP contribution in [0, 0.1) is 0 Å². The molecule has 0 saturated carbocycles. The van der Waals surface area contributed by atoms with Gasteiger partial charge in [-0.3, -0.25) is 9.59 Å². The van der Waals surface area contributed by atoms with E-state index in [0.717, 1.165) is 22.5 Å². The number of hydrogen-bond donors (Lipinski definition) is 2. The van der Waals surface area contributed by atoms with Crippen LogP contribution in [0.5, 0.6) is 0 Å². The number of nitrogens with one attached hydrogen (secondary N) is 2. The average molecular weight is 475 g/mol. The summed E-state index contributed by atoms with van der Waals surface area (Å²) in [6.07, 6.45) is 0.451. The molecule has 6 nitrogen and oxygen atoms in total. The average Bonchev–Trinajstić information content (AvgIpc) is 3.15. The molecule has 0 bridgehead atoms. The van der Waals surface area contributed by atoms with Gasteiger partial charge in [-0.15, -0.1) is 0 Å². The van der Waals surface area contributed by atoms with E-state index in [1.807, 2.05) is 79.7 Å². The van der Waals surface area contributed by atoms with E-state index < -0.39 is 0 Å². The number of rotatable bonds is 7. The summed E-state index contributed by atoms with van der Waals surface area (Å²) in [5, 5.41) is 6.91. The standard InChI is InChI=1S/C27H27ClN4O2/c1-31(2)16-15-24(33)32(3)21-12-10-20(11-13-21)29-26(18-7-5-4-6-8-18)25-22-14-9-19(28)17-23(22)30-27(25)34/h4-14,17,29H,15-16H2,1-3H3,(H,30,34)/b26-25-. The molecule has 1 heterocycles. The van der Waals surface area contributed by atoms with E-state index in [-0.39, 0.29) is 11.8 Å². The fourth-order valence-corrected chi connectivity index (χ4v) is 3.99.